The number of carbonyl (C=O) groups excluding carboxylic acids is 1. The van der Waals surface area contributed by atoms with Crippen LogP contribution in [0.2, 0.25) is 0 Å². The van der Waals surface area contributed by atoms with Crippen molar-refractivity contribution in [2.24, 2.45) is 0 Å². The summed E-state index contributed by atoms with van der Waals surface area (Å²) >= 11 is 0. The third-order valence-electron chi connectivity index (χ3n) is 5.15. The molecule has 1 saturated heterocycles. The first-order valence-corrected chi connectivity index (χ1v) is 9.07. The minimum absolute atomic E-state index is 0.0943. The van der Waals surface area contributed by atoms with Crippen LogP contribution in [0.1, 0.15) is 27.3 Å². The van der Waals surface area contributed by atoms with Gasteiger partial charge in [-0.1, -0.05) is 6.07 Å². The molecule has 1 amide bonds. The number of alkyl halides is 3. The van der Waals surface area contributed by atoms with Crippen molar-refractivity contribution in [3.8, 4) is 0 Å². The molecule has 0 unspecified atom stereocenters. The van der Waals surface area contributed by atoms with Gasteiger partial charge >= 0.3 is 6.18 Å². The van der Waals surface area contributed by atoms with E-state index in [0.717, 1.165) is 38.3 Å². The molecule has 146 valence electrons. The van der Waals surface area contributed by atoms with Crippen LogP contribution in [0.15, 0.2) is 36.4 Å². The number of aryl methyl sites for hydroxylation is 2. The van der Waals surface area contributed by atoms with E-state index in [0.29, 0.717) is 13.1 Å². The Kier molecular flexibility index (Phi) is 5.60. The van der Waals surface area contributed by atoms with E-state index < -0.39 is 11.7 Å². The van der Waals surface area contributed by atoms with Gasteiger partial charge in [0, 0.05) is 56.2 Å². The molecule has 1 aromatic heterocycles. The summed E-state index contributed by atoms with van der Waals surface area (Å²) in [5.41, 5.74) is 1.76. The zero-order valence-electron chi connectivity index (χ0n) is 15.6. The van der Waals surface area contributed by atoms with Gasteiger partial charge in [-0.15, -0.1) is 0 Å². The zero-order chi connectivity index (χ0) is 19.6. The molecule has 0 bridgehead atoms. The summed E-state index contributed by atoms with van der Waals surface area (Å²) in [5, 5.41) is 0. The van der Waals surface area contributed by atoms with Gasteiger partial charge in [0.15, 0.2) is 0 Å². The first kappa shape index (κ1) is 19.5. The molecule has 0 spiro atoms. The van der Waals surface area contributed by atoms with Crippen LogP contribution < -0.4 is 0 Å². The second kappa shape index (κ2) is 7.76. The highest BCUT2D eigenvalue weighted by Gasteiger charge is 2.31. The molecular weight excluding hydrogens is 355 g/mol. The molecule has 4 nitrogen and oxygen atoms in total. The Balaban J connectivity index is 1.55. The molecule has 3 rings (SSSR count). The van der Waals surface area contributed by atoms with Gasteiger partial charge in [0.1, 0.15) is 0 Å². The molecule has 1 aromatic carbocycles. The molecule has 2 aromatic rings. The first-order valence-electron chi connectivity index (χ1n) is 9.07. The van der Waals surface area contributed by atoms with Crippen LogP contribution in [-0.4, -0.2) is 53.0 Å². The van der Waals surface area contributed by atoms with Gasteiger partial charge in [0.05, 0.1) is 5.56 Å². The summed E-state index contributed by atoms with van der Waals surface area (Å²) in [7, 11) is 0. The Morgan fingerprint density at radius 2 is 1.59 bits per heavy atom. The number of rotatable bonds is 4. The largest absolute Gasteiger partial charge is 0.416 e. The quantitative estimate of drug-likeness (QED) is 0.812. The lowest BCUT2D eigenvalue weighted by Crippen LogP contribution is -2.49. The van der Waals surface area contributed by atoms with Gasteiger partial charge in [-0.25, -0.2) is 0 Å². The molecule has 0 aliphatic carbocycles. The predicted molar refractivity (Wildman–Crippen MR) is 97.7 cm³/mol. The Labute approximate surface area is 157 Å². The molecule has 27 heavy (non-hydrogen) atoms. The Hall–Kier alpha value is -2.28. The third-order valence-corrected chi connectivity index (χ3v) is 5.15. The minimum Gasteiger partial charge on any atom is -0.348 e. The van der Waals surface area contributed by atoms with Gasteiger partial charge < -0.3 is 9.47 Å². The van der Waals surface area contributed by atoms with Crippen LogP contribution in [0.25, 0.3) is 0 Å². The molecular formula is C20H24F3N3O. The lowest BCUT2D eigenvalue weighted by molar-refractivity contribution is -0.137. The molecule has 2 heterocycles. The van der Waals surface area contributed by atoms with E-state index in [4.69, 9.17) is 0 Å². The van der Waals surface area contributed by atoms with Crippen molar-refractivity contribution < 1.29 is 18.0 Å². The minimum atomic E-state index is -4.44. The van der Waals surface area contributed by atoms with Gasteiger partial charge in [-0.2, -0.15) is 13.2 Å². The van der Waals surface area contributed by atoms with Crippen molar-refractivity contribution in [2.75, 3.05) is 32.7 Å². The van der Waals surface area contributed by atoms with Crippen LogP contribution in [0.3, 0.4) is 0 Å². The average Bonchev–Trinajstić information content (AvgIpc) is 2.97. The third kappa shape index (κ3) is 4.53. The predicted octanol–water partition coefficient (Wildman–Crippen LogP) is 3.58. The molecule has 0 radical (unpaired) electrons. The number of hydrogen-bond donors (Lipinski definition) is 0. The number of hydrogen-bond acceptors (Lipinski definition) is 2. The maximum absolute atomic E-state index is 12.8. The number of halogens is 3. The van der Waals surface area contributed by atoms with Crippen molar-refractivity contribution >= 4 is 5.91 Å². The second-order valence-corrected chi connectivity index (χ2v) is 6.98. The maximum Gasteiger partial charge on any atom is 0.416 e. The Bertz CT molecular complexity index is 786. The monoisotopic (exact) mass is 379 g/mol. The lowest BCUT2D eigenvalue weighted by atomic mass is 10.1. The molecule has 7 heteroatoms. The van der Waals surface area contributed by atoms with Crippen LogP contribution in [0, 0.1) is 13.8 Å². The van der Waals surface area contributed by atoms with Crippen molar-refractivity contribution in [2.45, 2.75) is 26.6 Å². The van der Waals surface area contributed by atoms with Crippen molar-refractivity contribution in [3.63, 3.8) is 0 Å². The Morgan fingerprint density at radius 1 is 0.963 bits per heavy atom. The topological polar surface area (TPSA) is 28.5 Å². The maximum atomic E-state index is 12.8. The van der Waals surface area contributed by atoms with E-state index in [9.17, 15) is 18.0 Å². The molecule has 1 aliphatic heterocycles. The summed E-state index contributed by atoms with van der Waals surface area (Å²) < 4.78 is 40.8. The second-order valence-electron chi connectivity index (χ2n) is 6.98. The van der Waals surface area contributed by atoms with Crippen molar-refractivity contribution in [3.05, 3.63) is 58.9 Å². The van der Waals surface area contributed by atoms with Crippen LogP contribution in [0.4, 0.5) is 13.2 Å². The van der Waals surface area contributed by atoms with E-state index in [1.165, 1.54) is 23.5 Å². The number of piperazine rings is 1. The van der Waals surface area contributed by atoms with Gasteiger partial charge in [0.2, 0.25) is 0 Å². The van der Waals surface area contributed by atoms with Gasteiger partial charge in [-0.05, 0) is 44.2 Å². The summed E-state index contributed by atoms with van der Waals surface area (Å²) in [6.45, 7) is 8.46. The highest BCUT2D eigenvalue weighted by atomic mass is 19.4. The van der Waals surface area contributed by atoms with E-state index in [-0.39, 0.29) is 11.5 Å². The average molecular weight is 379 g/mol. The van der Waals surface area contributed by atoms with Crippen molar-refractivity contribution in [1.82, 2.24) is 14.4 Å². The van der Waals surface area contributed by atoms with Gasteiger partial charge in [0.25, 0.3) is 5.91 Å². The smallest absolute Gasteiger partial charge is 0.348 e. The summed E-state index contributed by atoms with van der Waals surface area (Å²) in [4.78, 5) is 16.5. The molecule has 1 fully saturated rings. The number of carbonyl (C=O) groups is 1. The highest BCUT2D eigenvalue weighted by molar-refractivity contribution is 5.94. The number of amides is 1. The summed E-state index contributed by atoms with van der Waals surface area (Å²) in [6.07, 6.45) is -4.44. The number of nitrogens with zero attached hydrogens (tertiary/aromatic N) is 3. The number of aromatic nitrogens is 1. The summed E-state index contributed by atoms with van der Waals surface area (Å²) in [6, 6.07) is 8.85. The normalized spacial score (nSPS) is 16.0. The van der Waals surface area contributed by atoms with Crippen LogP contribution in [0.5, 0.6) is 0 Å². The fourth-order valence-electron chi connectivity index (χ4n) is 3.48. The summed E-state index contributed by atoms with van der Waals surface area (Å²) in [5.74, 6) is -0.335. The fraction of sp³-hybridized carbons (Fsp3) is 0.450. The molecule has 0 saturated carbocycles. The fourth-order valence-corrected chi connectivity index (χ4v) is 3.48. The zero-order valence-corrected chi connectivity index (χ0v) is 15.6. The molecule has 0 atom stereocenters. The van der Waals surface area contributed by atoms with E-state index in [1.807, 2.05) is 0 Å². The standard InChI is InChI=1S/C20H24F3N3O/c1-15-6-7-16(2)26(15)13-10-24-8-11-25(12-9-24)19(27)17-4-3-5-18(14-17)20(21,22)23/h3-7,14H,8-13H2,1-2H3. The van der Waals surface area contributed by atoms with Crippen molar-refractivity contribution in [1.29, 1.82) is 0 Å². The lowest BCUT2D eigenvalue weighted by Gasteiger charge is -2.35. The van der Waals surface area contributed by atoms with E-state index >= 15 is 0 Å². The Morgan fingerprint density at radius 3 is 2.19 bits per heavy atom. The first-order chi connectivity index (χ1) is 12.8. The SMILES string of the molecule is Cc1ccc(C)n1CCN1CCN(C(=O)c2cccc(C(F)(F)F)c2)CC1. The molecule has 0 N–H and O–H groups in total. The van der Waals surface area contributed by atoms with Crippen LogP contribution in [-0.2, 0) is 12.7 Å². The van der Waals surface area contributed by atoms with E-state index in [1.54, 1.807) is 4.90 Å². The number of benzene rings is 1. The highest BCUT2D eigenvalue weighted by Crippen LogP contribution is 2.29. The van der Waals surface area contributed by atoms with E-state index in [2.05, 4.69) is 35.4 Å². The van der Waals surface area contributed by atoms with Gasteiger partial charge in [-0.3, -0.25) is 9.69 Å². The van der Waals surface area contributed by atoms with Crippen LogP contribution >= 0.6 is 0 Å². The molecule has 1 aliphatic rings.